The highest BCUT2D eigenvalue weighted by molar-refractivity contribution is 5.93. The van der Waals surface area contributed by atoms with Crippen LogP contribution in [0.4, 0.5) is 5.95 Å². The zero-order valence-corrected chi connectivity index (χ0v) is 12.5. The number of hydrogen-bond donors (Lipinski definition) is 2. The van der Waals surface area contributed by atoms with Crippen LogP contribution in [0.3, 0.4) is 0 Å². The van der Waals surface area contributed by atoms with Crippen molar-refractivity contribution in [3.8, 4) is 0 Å². The SMILES string of the molecule is COCCCNc1ncc(C(=O)NCCC(C)C)cn1. The molecule has 6 heteroatoms. The summed E-state index contributed by atoms with van der Waals surface area (Å²) in [6.07, 6.45) is 4.93. The molecule has 1 heterocycles. The predicted octanol–water partition coefficient (Wildman–Crippen LogP) is 1.70. The van der Waals surface area contributed by atoms with Crippen molar-refractivity contribution in [2.45, 2.75) is 26.7 Å². The summed E-state index contributed by atoms with van der Waals surface area (Å²) in [5, 5.41) is 5.92. The fourth-order valence-electron chi connectivity index (χ4n) is 1.53. The largest absolute Gasteiger partial charge is 0.385 e. The molecule has 0 spiro atoms. The molecule has 0 bridgehead atoms. The summed E-state index contributed by atoms with van der Waals surface area (Å²) in [5.74, 6) is 0.974. The first-order chi connectivity index (χ1) is 9.63. The number of rotatable bonds is 9. The molecule has 1 aromatic heterocycles. The lowest BCUT2D eigenvalue weighted by Gasteiger charge is -2.07. The van der Waals surface area contributed by atoms with Crippen molar-refractivity contribution in [2.75, 3.05) is 32.1 Å². The van der Waals surface area contributed by atoms with Crippen molar-refractivity contribution in [1.29, 1.82) is 0 Å². The lowest BCUT2D eigenvalue weighted by Crippen LogP contribution is -2.25. The summed E-state index contributed by atoms with van der Waals surface area (Å²) in [4.78, 5) is 20.0. The van der Waals surface area contributed by atoms with E-state index in [9.17, 15) is 4.79 Å². The maximum absolute atomic E-state index is 11.8. The van der Waals surface area contributed by atoms with E-state index in [2.05, 4.69) is 34.4 Å². The molecule has 0 radical (unpaired) electrons. The summed E-state index contributed by atoms with van der Waals surface area (Å²) in [6.45, 7) is 6.36. The van der Waals surface area contributed by atoms with Gasteiger partial charge in [0.15, 0.2) is 0 Å². The van der Waals surface area contributed by atoms with E-state index >= 15 is 0 Å². The van der Waals surface area contributed by atoms with E-state index in [0.717, 1.165) is 19.4 Å². The Morgan fingerprint density at radius 1 is 1.30 bits per heavy atom. The van der Waals surface area contributed by atoms with E-state index in [4.69, 9.17) is 4.74 Å². The Kier molecular flexibility index (Phi) is 7.57. The van der Waals surface area contributed by atoms with Crippen molar-refractivity contribution in [3.05, 3.63) is 18.0 Å². The maximum atomic E-state index is 11.8. The third-order valence-electron chi connectivity index (χ3n) is 2.73. The van der Waals surface area contributed by atoms with Crippen LogP contribution >= 0.6 is 0 Å². The smallest absolute Gasteiger partial charge is 0.254 e. The summed E-state index contributed by atoms with van der Waals surface area (Å²) in [5.41, 5.74) is 0.483. The molecule has 0 fully saturated rings. The Hall–Kier alpha value is -1.69. The van der Waals surface area contributed by atoms with Gasteiger partial charge in [0.2, 0.25) is 5.95 Å². The van der Waals surface area contributed by atoms with Crippen molar-refractivity contribution in [1.82, 2.24) is 15.3 Å². The third-order valence-corrected chi connectivity index (χ3v) is 2.73. The molecular weight excluding hydrogens is 256 g/mol. The Morgan fingerprint density at radius 2 is 2.00 bits per heavy atom. The number of carbonyl (C=O) groups is 1. The summed E-state index contributed by atoms with van der Waals surface area (Å²) < 4.78 is 4.95. The average molecular weight is 280 g/mol. The standard InChI is InChI=1S/C14H24N4O2/c1-11(2)5-7-15-13(19)12-9-17-14(18-10-12)16-6-4-8-20-3/h9-11H,4-8H2,1-3H3,(H,15,19)(H,16,17,18). The molecule has 2 N–H and O–H groups in total. The summed E-state index contributed by atoms with van der Waals surface area (Å²) in [7, 11) is 1.67. The van der Waals surface area contributed by atoms with Gasteiger partial charge in [0.1, 0.15) is 0 Å². The van der Waals surface area contributed by atoms with Crippen molar-refractivity contribution >= 4 is 11.9 Å². The number of carbonyl (C=O) groups excluding carboxylic acids is 1. The highest BCUT2D eigenvalue weighted by Crippen LogP contribution is 2.01. The topological polar surface area (TPSA) is 76.1 Å². The normalized spacial score (nSPS) is 10.6. The summed E-state index contributed by atoms with van der Waals surface area (Å²) >= 11 is 0. The molecule has 1 aromatic rings. The van der Waals surface area contributed by atoms with Crippen LogP contribution in [0.1, 0.15) is 37.0 Å². The number of hydrogen-bond acceptors (Lipinski definition) is 5. The molecule has 0 aromatic carbocycles. The maximum Gasteiger partial charge on any atom is 0.254 e. The predicted molar refractivity (Wildman–Crippen MR) is 78.8 cm³/mol. The molecule has 0 unspecified atom stereocenters. The Bertz CT molecular complexity index is 393. The molecule has 0 atom stereocenters. The van der Waals surface area contributed by atoms with E-state index in [1.54, 1.807) is 7.11 Å². The minimum absolute atomic E-state index is 0.128. The van der Waals surface area contributed by atoms with Gasteiger partial charge in [-0.1, -0.05) is 13.8 Å². The van der Waals surface area contributed by atoms with Crippen LogP contribution in [0.25, 0.3) is 0 Å². The molecule has 0 aliphatic rings. The van der Waals surface area contributed by atoms with Crippen molar-refractivity contribution in [2.24, 2.45) is 5.92 Å². The van der Waals surface area contributed by atoms with E-state index in [0.29, 0.717) is 30.6 Å². The molecule has 0 saturated carbocycles. The molecule has 6 nitrogen and oxygen atoms in total. The zero-order chi connectivity index (χ0) is 14.8. The zero-order valence-electron chi connectivity index (χ0n) is 12.5. The van der Waals surface area contributed by atoms with E-state index < -0.39 is 0 Å². The first kappa shape index (κ1) is 16.4. The quantitative estimate of drug-likeness (QED) is 0.673. The monoisotopic (exact) mass is 280 g/mol. The molecule has 20 heavy (non-hydrogen) atoms. The fraction of sp³-hybridized carbons (Fsp3) is 0.643. The number of aromatic nitrogens is 2. The number of nitrogens with one attached hydrogen (secondary N) is 2. The van der Waals surface area contributed by atoms with E-state index in [-0.39, 0.29) is 5.91 Å². The molecule has 1 rings (SSSR count). The van der Waals surface area contributed by atoms with Crippen LogP contribution in [0.2, 0.25) is 0 Å². The van der Waals surface area contributed by atoms with Gasteiger partial charge in [-0.05, 0) is 18.8 Å². The van der Waals surface area contributed by atoms with Crippen molar-refractivity contribution < 1.29 is 9.53 Å². The Morgan fingerprint density at radius 3 is 2.60 bits per heavy atom. The number of anilines is 1. The van der Waals surface area contributed by atoms with Crippen LogP contribution in [0.15, 0.2) is 12.4 Å². The molecule has 0 aliphatic carbocycles. The van der Waals surface area contributed by atoms with Gasteiger partial charge in [-0.2, -0.15) is 0 Å². The van der Waals surface area contributed by atoms with Gasteiger partial charge in [-0.25, -0.2) is 9.97 Å². The molecule has 0 aliphatic heterocycles. The van der Waals surface area contributed by atoms with Crippen LogP contribution < -0.4 is 10.6 Å². The second-order valence-electron chi connectivity index (χ2n) is 5.01. The number of methoxy groups -OCH3 is 1. The number of ether oxygens (including phenoxy) is 1. The van der Waals surface area contributed by atoms with Gasteiger partial charge in [-0.15, -0.1) is 0 Å². The summed E-state index contributed by atoms with van der Waals surface area (Å²) in [6, 6.07) is 0. The van der Waals surface area contributed by atoms with Gasteiger partial charge < -0.3 is 15.4 Å². The van der Waals surface area contributed by atoms with Gasteiger partial charge in [0, 0.05) is 39.2 Å². The highest BCUT2D eigenvalue weighted by atomic mass is 16.5. The minimum Gasteiger partial charge on any atom is -0.385 e. The second kappa shape index (κ2) is 9.25. The number of nitrogens with zero attached hydrogens (tertiary/aromatic N) is 2. The van der Waals surface area contributed by atoms with Gasteiger partial charge in [0.25, 0.3) is 5.91 Å². The third kappa shape index (κ3) is 6.47. The number of amides is 1. The molecule has 112 valence electrons. The van der Waals surface area contributed by atoms with E-state index in [1.807, 2.05) is 0 Å². The van der Waals surface area contributed by atoms with Crippen LogP contribution in [-0.4, -0.2) is 42.7 Å². The lowest BCUT2D eigenvalue weighted by atomic mass is 10.1. The van der Waals surface area contributed by atoms with Crippen LogP contribution in [0, 0.1) is 5.92 Å². The molecule has 0 saturated heterocycles. The van der Waals surface area contributed by atoms with Crippen LogP contribution in [-0.2, 0) is 4.74 Å². The first-order valence-electron chi connectivity index (χ1n) is 6.96. The van der Waals surface area contributed by atoms with Gasteiger partial charge >= 0.3 is 0 Å². The lowest BCUT2D eigenvalue weighted by molar-refractivity contribution is 0.0951. The minimum atomic E-state index is -0.128. The molecular formula is C14H24N4O2. The van der Waals surface area contributed by atoms with Crippen molar-refractivity contribution in [3.63, 3.8) is 0 Å². The highest BCUT2D eigenvalue weighted by Gasteiger charge is 2.06. The Labute approximate surface area is 120 Å². The first-order valence-corrected chi connectivity index (χ1v) is 6.96. The van der Waals surface area contributed by atoms with E-state index in [1.165, 1.54) is 12.4 Å². The van der Waals surface area contributed by atoms with Crippen LogP contribution in [0.5, 0.6) is 0 Å². The second-order valence-corrected chi connectivity index (χ2v) is 5.01. The van der Waals surface area contributed by atoms with Gasteiger partial charge in [0.05, 0.1) is 5.56 Å². The molecule has 1 amide bonds. The van der Waals surface area contributed by atoms with Gasteiger partial charge in [-0.3, -0.25) is 4.79 Å². The average Bonchev–Trinajstić information content (AvgIpc) is 2.44. The Balaban J connectivity index is 2.35. The fourth-order valence-corrected chi connectivity index (χ4v) is 1.53.